The molecule has 0 bridgehead atoms. The van der Waals surface area contributed by atoms with Gasteiger partial charge in [0.2, 0.25) is 5.91 Å². The first kappa shape index (κ1) is 12.6. The van der Waals surface area contributed by atoms with E-state index < -0.39 is 0 Å². The molecule has 0 unspecified atom stereocenters. The highest BCUT2D eigenvalue weighted by Crippen LogP contribution is 2.21. The van der Waals surface area contributed by atoms with Gasteiger partial charge in [-0.05, 0) is 24.5 Å². The molecule has 1 aliphatic heterocycles. The molecule has 1 saturated heterocycles. The van der Waals surface area contributed by atoms with E-state index in [0.29, 0.717) is 13.2 Å². The number of anilines is 1. The summed E-state index contributed by atoms with van der Waals surface area (Å²) in [5.41, 5.74) is 2.01. The largest absolute Gasteiger partial charge is 0.381 e. The van der Waals surface area contributed by atoms with E-state index in [-0.39, 0.29) is 11.8 Å². The quantitative estimate of drug-likeness (QED) is 0.871. The van der Waals surface area contributed by atoms with Crippen LogP contribution >= 0.6 is 15.9 Å². The summed E-state index contributed by atoms with van der Waals surface area (Å²) in [4.78, 5) is 12.1. The van der Waals surface area contributed by atoms with Crippen LogP contribution in [-0.4, -0.2) is 19.1 Å². The molecule has 92 valence electrons. The zero-order valence-electron chi connectivity index (χ0n) is 9.62. The van der Waals surface area contributed by atoms with Gasteiger partial charge < -0.3 is 10.1 Å². The number of rotatable bonds is 3. The molecule has 1 fully saturated rings. The van der Waals surface area contributed by atoms with E-state index in [4.69, 9.17) is 4.74 Å². The normalized spacial score (nSPS) is 16.8. The number of hydrogen-bond acceptors (Lipinski definition) is 2. The standard InChI is InChI=1S/C13H16BrNO2/c14-9-11-3-1-2-4-12(11)15-13(16)10-5-7-17-8-6-10/h1-4,10H,5-9H2,(H,15,16). The molecule has 0 spiro atoms. The molecular weight excluding hydrogens is 282 g/mol. The summed E-state index contributed by atoms with van der Waals surface area (Å²) in [6.45, 7) is 1.39. The van der Waals surface area contributed by atoms with Gasteiger partial charge in [-0.2, -0.15) is 0 Å². The van der Waals surface area contributed by atoms with Gasteiger partial charge in [-0.25, -0.2) is 0 Å². The minimum absolute atomic E-state index is 0.0899. The SMILES string of the molecule is O=C(Nc1ccccc1CBr)C1CCOCC1. The van der Waals surface area contributed by atoms with Crippen LogP contribution in [0.4, 0.5) is 5.69 Å². The first-order valence-electron chi connectivity index (χ1n) is 5.83. The number of hydrogen-bond donors (Lipinski definition) is 1. The molecule has 1 heterocycles. The summed E-state index contributed by atoms with van der Waals surface area (Å²) in [5.74, 6) is 0.203. The third-order valence-electron chi connectivity index (χ3n) is 3.01. The molecule has 0 atom stereocenters. The van der Waals surface area contributed by atoms with E-state index in [1.807, 2.05) is 24.3 Å². The number of halogens is 1. The Morgan fingerprint density at radius 3 is 2.76 bits per heavy atom. The van der Waals surface area contributed by atoms with E-state index in [2.05, 4.69) is 21.2 Å². The molecule has 1 amide bonds. The van der Waals surface area contributed by atoms with Crippen molar-refractivity contribution >= 4 is 27.5 Å². The van der Waals surface area contributed by atoms with Crippen LogP contribution in [0.25, 0.3) is 0 Å². The van der Waals surface area contributed by atoms with Crippen molar-refractivity contribution in [2.24, 2.45) is 5.92 Å². The maximum atomic E-state index is 12.1. The molecule has 0 aromatic heterocycles. The summed E-state index contributed by atoms with van der Waals surface area (Å²) in [6, 6.07) is 7.86. The highest BCUT2D eigenvalue weighted by molar-refractivity contribution is 9.08. The van der Waals surface area contributed by atoms with Gasteiger partial charge in [0.1, 0.15) is 0 Å². The average Bonchev–Trinajstić information content (AvgIpc) is 2.40. The molecule has 1 aliphatic rings. The molecule has 4 heteroatoms. The van der Waals surface area contributed by atoms with Crippen molar-refractivity contribution in [1.29, 1.82) is 0 Å². The van der Waals surface area contributed by atoms with Gasteiger partial charge in [0, 0.05) is 30.1 Å². The topological polar surface area (TPSA) is 38.3 Å². The fourth-order valence-corrected chi connectivity index (χ4v) is 2.44. The van der Waals surface area contributed by atoms with E-state index in [1.165, 1.54) is 0 Å². The summed E-state index contributed by atoms with van der Waals surface area (Å²) >= 11 is 3.42. The van der Waals surface area contributed by atoms with Crippen LogP contribution in [0.3, 0.4) is 0 Å². The third-order valence-corrected chi connectivity index (χ3v) is 3.62. The number of ether oxygens (including phenoxy) is 1. The predicted molar refractivity (Wildman–Crippen MR) is 71.2 cm³/mol. The van der Waals surface area contributed by atoms with Crippen LogP contribution in [0.5, 0.6) is 0 Å². The van der Waals surface area contributed by atoms with Crippen molar-refractivity contribution < 1.29 is 9.53 Å². The van der Waals surface area contributed by atoms with E-state index in [1.54, 1.807) is 0 Å². The van der Waals surface area contributed by atoms with Crippen molar-refractivity contribution in [1.82, 2.24) is 0 Å². The number of alkyl halides is 1. The summed E-state index contributed by atoms with van der Waals surface area (Å²) in [7, 11) is 0. The third kappa shape index (κ3) is 3.30. The number of carbonyl (C=O) groups excluding carboxylic acids is 1. The van der Waals surface area contributed by atoms with Crippen molar-refractivity contribution in [2.45, 2.75) is 18.2 Å². The minimum Gasteiger partial charge on any atom is -0.381 e. The summed E-state index contributed by atoms with van der Waals surface area (Å²) in [6.07, 6.45) is 1.64. The number of nitrogens with one attached hydrogen (secondary N) is 1. The molecule has 1 aromatic carbocycles. The zero-order valence-corrected chi connectivity index (χ0v) is 11.2. The lowest BCUT2D eigenvalue weighted by Gasteiger charge is -2.21. The molecule has 0 aliphatic carbocycles. The van der Waals surface area contributed by atoms with Crippen LogP contribution in [0.2, 0.25) is 0 Å². The first-order chi connectivity index (χ1) is 8.31. The Hall–Kier alpha value is -0.870. The second-order valence-corrected chi connectivity index (χ2v) is 4.73. The number of para-hydroxylation sites is 1. The molecule has 3 nitrogen and oxygen atoms in total. The fraction of sp³-hybridized carbons (Fsp3) is 0.462. The van der Waals surface area contributed by atoms with Crippen LogP contribution in [0.1, 0.15) is 18.4 Å². The van der Waals surface area contributed by atoms with E-state index in [0.717, 1.165) is 29.4 Å². The number of benzene rings is 1. The van der Waals surface area contributed by atoms with Crippen LogP contribution in [0, 0.1) is 5.92 Å². The van der Waals surface area contributed by atoms with Crippen LogP contribution in [-0.2, 0) is 14.9 Å². The van der Waals surface area contributed by atoms with Crippen LogP contribution in [0.15, 0.2) is 24.3 Å². The van der Waals surface area contributed by atoms with Gasteiger partial charge in [0.05, 0.1) is 0 Å². The Balaban J connectivity index is 2.01. The first-order valence-corrected chi connectivity index (χ1v) is 6.96. The van der Waals surface area contributed by atoms with Crippen molar-refractivity contribution in [3.63, 3.8) is 0 Å². The second-order valence-electron chi connectivity index (χ2n) is 4.17. The Morgan fingerprint density at radius 2 is 2.06 bits per heavy atom. The van der Waals surface area contributed by atoms with Crippen LogP contribution < -0.4 is 5.32 Å². The lowest BCUT2D eigenvalue weighted by molar-refractivity contribution is -0.122. The van der Waals surface area contributed by atoms with Crippen molar-refractivity contribution in [2.75, 3.05) is 18.5 Å². The summed E-state index contributed by atoms with van der Waals surface area (Å²) < 4.78 is 5.26. The molecule has 0 radical (unpaired) electrons. The summed E-state index contributed by atoms with van der Waals surface area (Å²) in [5, 5.41) is 3.75. The lowest BCUT2D eigenvalue weighted by atomic mass is 9.99. The Labute approximate surface area is 110 Å². The molecule has 0 saturated carbocycles. The van der Waals surface area contributed by atoms with Gasteiger partial charge in [-0.15, -0.1) is 0 Å². The molecular formula is C13H16BrNO2. The van der Waals surface area contributed by atoms with Gasteiger partial charge in [-0.3, -0.25) is 4.79 Å². The molecule has 2 rings (SSSR count). The molecule has 17 heavy (non-hydrogen) atoms. The smallest absolute Gasteiger partial charge is 0.227 e. The Morgan fingerprint density at radius 1 is 1.35 bits per heavy atom. The van der Waals surface area contributed by atoms with Gasteiger partial charge in [0.15, 0.2) is 0 Å². The van der Waals surface area contributed by atoms with E-state index >= 15 is 0 Å². The molecule has 1 N–H and O–H groups in total. The highest BCUT2D eigenvalue weighted by Gasteiger charge is 2.21. The van der Waals surface area contributed by atoms with Gasteiger partial charge in [0.25, 0.3) is 0 Å². The molecule has 1 aromatic rings. The average molecular weight is 298 g/mol. The second kappa shape index (κ2) is 6.17. The highest BCUT2D eigenvalue weighted by atomic mass is 79.9. The van der Waals surface area contributed by atoms with Gasteiger partial charge >= 0.3 is 0 Å². The maximum Gasteiger partial charge on any atom is 0.227 e. The zero-order chi connectivity index (χ0) is 12.1. The fourth-order valence-electron chi connectivity index (χ4n) is 1.95. The monoisotopic (exact) mass is 297 g/mol. The maximum absolute atomic E-state index is 12.1. The van der Waals surface area contributed by atoms with Gasteiger partial charge in [-0.1, -0.05) is 34.1 Å². The van der Waals surface area contributed by atoms with Crippen molar-refractivity contribution in [3.8, 4) is 0 Å². The van der Waals surface area contributed by atoms with Crippen molar-refractivity contribution in [3.05, 3.63) is 29.8 Å². The Bertz CT molecular complexity index is 389. The minimum atomic E-state index is 0.0899. The predicted octanol–water partition coefficient (Wildman–Crippen LogP) is 2.95. The number of carbonyl (C=O) groups is 1. The lowest BCUT2D eigenvalue weighted by Crippen LogP contribution is -2.28. The van der Waals surface area contributed by atoms with E-state index in [9.17, 15) is 4.79 Å². The Kier molecular flexibility index (Phi) is 4.57. The number of amides is 1.